The summed E-state index contributed by atoms with van der Waals surface area (Å²) in [6.45, 7) is 2.80. The lowest BCUT2D eigenvalue weighted by molar-refractivity contribution is -0.120. The summed E-state index contributed by atoms with van der Waals surface area (Å²) in [6.07, 6.45) is 1.74. The molecule has 2 aromatic rings. The summed E-state index contributed by atoms with van der Waals surface area (Å²) in [6, 6.07) is 10.6. The van der Waals surface area contributed by atoms with E-state index in [-0.39, 0.29) is 11.2 Å². The number of hydrogen-bond acceptors (Lipinski definition) is 3. The normalized spacial score (nSPS) is 16.8. The number of thioether (sulfide) groups is 1. The molecule has 1 atom stereocenters. The number of rotatable bonds is 4. The van der Waals surface area contributed by atoms with E-state index in [0.29, 0.717) is 6.54 Å². The van der Waals surface area contributed by atoms with Crippen molar-refractivity contribution in [2.75, 3.05) is 6.54 Å². The Kier molecular flexibility index (Phi) is 4.72. The van der Waals surface area contributed by atoms with Crippen LogP contribution in [0.2, 0.25) is 0 Å². The van der Waals surface area contributed by atoms with Crippen molar-refractivity contribution in [3.63, 3.8) is 0 Å². The molecule has 5 heteroatoms. The average Bonchev–Trinajstić information content (AvgIpc) is 3.04. The molecule has 0 radical (unpaired) electrons. The Morgan fingerprint density at radius 3 is 3.00 bits per heavy atom. The fraction of sp³-hybridized carbons (Fsp3) is 0.312. The summed E-state index contributed by atoms with van der Waals surface area (Å²) < 4.78 is 1.14. The zero-order valence-corrected chi connectivity index (χ0v) is 14.9. The van der Waals surface area contributed by atoms with Gasteiger partial charge in [0, 0.05) is 16.3 Å². The first-order valence-electron chi connectivity index (χ1n) is 6.90. The molecule has 1 amide bonds. The first-order valence-corrected chi connectivity index (χ1v) is 9.39. The first-order chi connectivity index (χ1) is 10.1. The maximum absolute atomic E-state index is 12.3. The SMILES string of the molecule is Cc1ccc2c(c1)SC(C(=O)NCCc1ccc(Br)s1)C2. The van der Waals surface area contributed by atoms with Gasteiger partial charge in [-0.25, -0.2) is 0 Å². The number of halogens is 1. The number of fused-ring (bicyclic) bond motifs is 1. The van der Waals surface area contributed by atoms with Gasteiger partial charge in [0.25, 0.3) is 0 Å². The van der Waals surface area contributed by atoms with Crippen LogP contribution in [0.5, 0.6) is 0 Å². The number of carbonyl (C=O) groups is 1. The lowest BCUT2D eigenvalue weighted by atomic mass is 10.1. The smallest absolute Gasteiger partial charge is 0.233 e. The number of aryl methyl sites for hydroxylation is 1. The molecule has 0 spiro atoms. The molecule has 2 heterocycles. The third-order valence-electron chi connectivity index (χ3n) is 3.49. The van der Waals surface area contributed by atoms with Crippen LogP contribution in [0.25, 0.3) is 0 Å². The minimum Gasteiger partial charge on any atom is -0.355 e. The van der Waals surface area contributed by atoms with Crippen LogP contribution < -0.4 is 5.32 Å². The predicted molar refractivity (Wildman–Crippen MR) is 93.3 cm³/mol. The van der Waals surface area contributed by atoms with E-state index < -0.39 is 0 Å². The summed E-state index contributed by atoms with van der Waals surface area (Å²) in [4.78, 5) is 14.8. The molecule has 0 fully saturated rings. The maximum Gasteiger partial charge on any atom is 0.233 e. The molecular formula is C16H16BrNOS2. The number of thiophene rings is 1. The van der Waals surface area contributed by atoms with Crippen LogP contribution >= 0.6 is 39.0 Å². The van der Waals surface area contributed by atoms with Crippen molar-refractivity contribution in [2.24, 2.45) is 0 Å². The van der Waals surface area contributed by atoms with Crippen molar-refractivity contribution in [3.8, 4) is 0 Å². The fourth-order valence-electron chi connectivity index (χ4n) is 2.39. The molecule has 1 aliphatic heterocycles. The first kappa shape index (κ1) is 15.1. The molecule has 110 valence electrons. The van der Waals surface area contributed by atoms with Gasteiger partial charge < -0.3 is 5.32 Å². The van der Waals surface area contributed by atoms with Crippen LogP contribution in [0.4, 0.5) is 0 Å². The van der Waals surface area contributed by atoms with Gasteiger partial charge in [-0.05, 0) is 59.5 Å². The van der Waals surface area contributed by atoms with Gasteiger partial charge >= 0.3 is 0 Å². The van der Waals surface area contributed by atoms with E-state index in [9.17, 15) is 4.79 Å². The topological polar surface area (TPSA) is 29.1 Å². The highest BCUT2D eigenvalue weighted by Crippen LogP contribution is 2.37. The molecular weight excluding hydrogens is 366 g/mol. The molecule has 1 N–H and O–H groups in total. The molecule has 0 saturated heterocycles. The van der Waals surface area contributed by atoms with Gasteiger partial charge in [0.05, 0.1) is 9.04 Å². The van der Waals surface area contributed by atoms with Crippen LogP contribution in [0.15, 0.2) is 39.0 Å². The highest BCUT2D eigenvalue weighted by Gasteiger charge is 2.27. The third kappa shape index (κ3) is 3.71. The van der Waals surface area contributed by atoms with Crippen molar-refractivity contribution in [2.45, 2.75) is 29.9 Å². The Hall–Kier alpha value is -0.780. The Morgan fingerprint density at radius 2 is 2.24 bits per heavy atom. The second-order valence-electron chi connectivity index (χ2n) is 5.17. The second-order valence-corrected chi connectivity index (χ2v) is 8.96. The van der Waals surface area contributed by atoms with E-state index >= 15 is 0 Å². The average molecular weight is 382 g/mol. The zero-order chi connectivity index (χ0) is 14.8. The molecule has 3 rings (SSSR count). The molecule has 0 aliphatic carbocycles. The number of nitrogens with one attached hydrogen (secondary N) is 1. The summed E-state index contributed by atoms with van der Waals surface area (Å²) in [7, 11) is 0. The van der Waals surface area contributed by atoms with Gasteiger partial charge in [0.2, 0.25) is 5.91 Å². The van der Waals surface area contributed by atoms with Crippen molar-refractivity contribution in [1.82, 2.24) is 5.32 Å². The van der Waals surface area contributed by atoms with Gasteiger partial charge in [-0.2, -0.15) is 0 Å². The molecule has 0 saturated carbocycles. The number of benzene rings is 1. The summed E-state index contributed by atoms with van der Waals surface area (Å²) >= 11 is 6.87. The number of amides is 1. The van der Waals surface area contributed by atoms with Crippen LogP contribution in [0.1, 0.15) is 16.0 Å². The fourth-order valence-corrected chi connectivity index (χ4v) is 5.19. The Balaban J connectivity index is 1.51. The van der Waals surface area contributed by atoms with E-state index in [1.807, 2.05) is 6.07 Å². The summed E-state index contributed by atoms with van der Waals surface area (Å²) in [5.41, 5.74) is 2.55. The Bertz CT molecular complexity index is 668. The van der Waals surface area contributed by atoms with Crippen LogP contribution in [0.3, 0.4) is 0 Å². The van der Waals surface area contributed by atoms with Crippen LogP contribution in [-0.4, -0.2) is 17.7 Å². The lowest BCUT2D eigenvalue weighted by Gasteiger charge is -2.09. The van der Waals surface area contributed by atoms with Crippen molar-refractivity contribution in [3.05, 3.63) is 50.1 Å². The minimum atomic E-state index is 0.0249. The summed E-state index contributed by atoms with van der Waals surface area (Å²) in [5, 5.41) is 3.09. The zero-order valence-electron chi connectivity index (χ0n) is 11.7. The molecule has 21 heavy (non-hydrogen) atoms. The Labute approximate surface area is 141 Å². The highest BCUT2D eigenvalue weighted by molar-refractivity contribution is 9.11. The third-order valence-corrected chi connectivity index (χ3v) is 6.47. The van der Waals surface area contributed by atoms with E-state index in [1.54, 1.807) is 23.1 Å². The van der Waals surface area contributed by atoms with Gasteiger partial charge in [0.15, 0.2) is 0 Å². The predicted octanol–water partition coefficient (Wildman–Crippen LogP) is 4.19. The van der Waals surface area contributed by atoms with Crippen LogP contribution in [-0.2, 0) is 17.6 Å². The minimum absolute atomic E-state index is 0.0249. The molecule has 1 aromatic heterocycles. The van der Waals surface area contributed by atoms with Crippen molar-refractivity contribution >= 4 is 44.9 Å². The highest BCUT2D eigenvalue weighted by atomic mass is 79.9. The van der Waals surface area contributed by atoms with Gasteiger partial charge in [-0.1, -0.05) is 17.7 Å². The number of hydrogen-bond donors (Lipinski definition) is 1. The molecule has 1 aromatic carbocycles. The maximum atomic E-state index is 12.3. The largest absolute Gasteiger partial charge is 0.355 e. The summed E-state index contributed by atoms with van der Waals surface area (Å²) in [5.74, 6) is 0.157. The molecule has 2 nitrogen and oxygen atoms in total. The molecule has 0 bridgehead atoms. The van der Waals surface area contributed by atoms with E-state index in [2.05, 4.69) is 52.4 Å². The quantitative estimate of drug-likeness (QED) is 0.859. The van der Waals surface area contributed by atoms with Crippen molar-refractivity contribution in [1.29, 1.82) is 0 Å². The van der Waals surface area contributed by atoms with E-state index in [1.165, 1.54) is 20.9 Å². The van der Waals surface area contributed by atoms with Gasteiger partial charge in [-0.15, -0.1) is 23.1 Å². The second kappa shape index (κ2) is 6.55. The van der Waals surface area contributed by atoms with Crippen molar-refractivity contribution < 1.29 is 4.79 Å². The lowest BCUT2D eigenvalue weighted by Crippen LogP contribution is -2.33. The van der Waals surface area contributed by atoms with Gasteiger partial charge in [0.1, 0.15) is 0 Å². The van der Waals surface area contributed by atoms with Gasteiger partial charge in [-0.3, -0.25) is 4.79 Å². The standard InChI is InChI=1S/C16H16BrNOS2/c1-10-2-3-11-9-14(21-13(11)8-10)16(19)18-7-6-12-4-5-15(17)20-12/h2-5,8,14H,6-7,9H2,1H3,(H,18,19). The van der Waals surface area contributed by atoms with Crippen LogP contribution in [0, 0.1) is 6.92 Å². The van der Waals surface area contributed by atoms with E-state index in [0.717, 1.165) is 16.6 Å². The van der Waals surface area contributed by atoms with E-state index in [4.69, 9.17) is 0 Å². The molecule has 1 unspecified atom stereocenters. The molecule has 1 aliphatic rings. The Morgan fingerprint density at radius 1 is 1.38 bits per heavy atom. The number of carbonyl (C=O) groups excluding carboxylic acids is 1. The monoisotopic (exact) mass is 381 g/mol.